The number of carbonyl (C=O) groups is 1. The molecule has 0 radical (unpaired) electrons. The summed E-state index contributed by atoms with van der Waals surface area (Å²) in [6.45, 7) is 2.07. The van der Waals surface area contributed by atoms with Gasteiger partial charge in [0.1, 0.15) is 11.4 Å². The molecule has 0 unspecified atom stereocenters. The Hall–Kier alpha value is -3.26. The largest absolute Gasteiger partial charge is 0.451 e. The molecule has 154 valence electrons. The second-order valence-corrected chi connectivity index (χ2v) is 9.52. The summed E-state index contributed by atoms with van der Waals surface area (Å²) in [5.74, 6) is -0.159. The van der Waals surface area contributed by atoms with E-state index in [0.717, 1.165) is 22.9 Å². The molecule has 0 saturated carbocycles. The summed E-state index contributed by atoms with van der Waals surface area (Å²) >= 11 is 0. The van der Waals surface area contributed by atoms with Crippen LogP contribution in [-0.2, 0) is 22.1 Å². The molecule has 2 heterocycles. The molecule has 30 heavy (non-hydrogen) atoms. The minimum absolute atomic E-state index is 0.0293. The van der Waals surface area contributed by atoms with E-state index in [-0.39, 0.29) is 18.1 Å². The third kappa shape index (κ3) is 3.91. The van der Waals surface area contributed by atoms with Gasteiger partial charge in [0.2, 0.25) is 0 Å². The summed E-state index contributed by atoms with van der Waals surface area (Å²) in [7, 11) is -1.75. The predicted molar refractivity (Wildman–Crippen MR) is 115 cm³/mol. The van der Waals surface area contributed by atoms with Crippen molar-refractivity contribution in [2.75, 3.05) is 13.3 Å². The second kappa shape index (κ2) is 7.53. The maximum atomic E-state index is 13.2. The minimum Gasteiger partial charge on any atom is -0.451 e. The van der Waals surface area contributed by atoms with Crippen LogP contribution in [-0.4, -0.2) is 42.5 Å². The van der Waals surface area contributed by atoms with Gasteiger partial charge in [0, 0.05) is 35.3 Å². The molecular formula is C22H21N3O4S. The highest BCUT2D eigenvalue weighted by molar-refractivity contribution is 7.89. The van der Waals surface area contributed by atoms with Gasteiger partial charge in [-0.25, -0.2) is 18.4 Å². The maximum Gasteiger partial charge on any atom is 0.290 e. The van der Waals surface area contributed by atoms with Crippen LogP contribution in [0.5, 0.6) is 0 Å². The fourth-order valence-corrected chi connectivity index (χ4v) is 4.31. The molecule has 2 aromatic carbocycles. The summed E-state index contributed by atoms with van der Waals surface area (Å²) < 4.78 is 29.7. The average molecular weight is 423 g/mol. The Labute approximate surface area is 174 Å². The molecular weight excluding hydrogens is 402 g/mol. The first-order valence-corrected chi connectivity index (χ1v) is 11.4. The Morgan fingerprint density at radius 3 is 2.43 bits per heavy atom. The number of carbonyl (C=O) groups excluding carboxylic acids is 1. The highest BCUT2D eigenvalue weighted by Crippen LogP contribution is 2.28. The molecule has 0 bridgehead atoms. The van der Waals surface area contributed by atoms with E-state index in [2.05, 4.69) is 9.97 Å². The predicted octanol–water partition coefficient (Wildman–Crippen LogP) is 3.50. The second-order valence-electron chi connectivity index (χ2n) is 7.38. The van der Waals surface area contributed by atoms with Crippen LogP contribution in [0, 0.1) is 6.92 Å². The van der Waals surface area contributed by atoms with E-state index in [1.54, 1.807) is 31.3 Å². The number of nitrogens with zero attached hydrogens (tertiary/aromatic N) is 3. The highest BCUT2D eigenvalue weighted by atomic mass is 32.2. The summed E-state index contributed by atoms with van der Waals surface area (Å²) in [6, 6.07) is 14.7. The van der Waals surface area contributed by atoms with Crippen LogP contribution >= 0.6 is 0 Å². The van der Waals surface area contributed by atoms with Crippen molar-refractivity contribution >= 4 is 37.6 Å². The van der Waals surface area contributed by atoms with Crippen molar-refractivity contribution in [1.29, 1.82) is 0 Å². The van der Waals surface area contributed by atoms with E-state index in [0.29, 0.717) is 22.4 Å². The zero-order chi connectivity index (χ0) is 21.5. The van der Waals surface area contributed by atoms with Gasteiger partial charge in [-0.2, -0.15) is 0 Å². The summed E-state index contributed by atoms with van der Waals surface area (Å²) in [5, 5.41) is 1.58. The number of rotatable bonds is 5. The number of furan rings is 1. The van der Waals surface area contributed by atoms with Crippen LogP contribution in [0.4, 0.5) is 0 Å². The van der Waals surface area contributed by atoms with Crippen LogP contribution in [0.2, 0.25) is 0 Å². The normalized spacial score (nSPS) is 11.8. The lowest BCUT2D eigenvalue weighted by molar-refractivity contribution is 0.0751. The van der Waals surface area contributed by atoms with Crippen molar-refractivity contribution in [3.8, 4) is 0 Å². The van der Waals surface area contributed by atoms with E-state index in [9.17, 15) is 13.2 Å². The summed E-state index contributed by atoms with van der Waals surface area (Å²) in [4.78, 5) is 23.6. The van der Waals surface area contributed by atoms with E-state index >= 15 is 0 Å². The number of hydrogen-bond donors (Lipinski definition) is 0. The maximum absolute atomic E-state index is 13.2. The molecule has 0 fully saturated rings. The number of fused-ring (bicyclic) bond motifs is 2. The fourth-order valence-electron chi connectivity index (χ4n) is 3.50. The molecule has 4 rings (SSSR count). The van der Waals surface area contributed by atoms with Gasteiger partial charge in [0.25, 0.3) is 5.91 Å². The topological polar surface area (TPSA) is 93.4 Å². The van der Waals surface area contributed by atoms with E-state index in [1.165, 1.54) is 4.90 Å². The smallest absolute Gasteiger partial charge is 0.290 e. The number of sulfone groups is 1. The van der Waals surface area contributed by atoms with Crippen molar-refractivity contribution in [3.63, 3.8) is 0 Å². The third-order valence-electron chi connectivity index (χ3n) is 4.86. The Bertz CT molecular complexity index is 1380. The van der Waals surface area contributed by atoms with Gasteiger partial charge >= 0.3 is 0 Å². The highest BCUT2D eigenvalue weighted by Gasteiger charge is 2.26. The number of aryl methyl sites for hydroxylation is 1. The quantitative estimate of drug-likeness (QED) is 0.488. The molecule has 7 nitrogen and oxygen atoms in total. The van der Waals surface area contributed by atoms with Gasteiger partial charge in [-0.3, -0.25) is 4.79 Å². The van der Waals surface area contributed by atoms with Crippen molar-refractivity contribution in [2.45, 2.75) is 19.2 Å². The van der Waals surface area contributed by atoms with Gasteiger partial charge in [-0.1, -0.05) is 36.4 Å². The van der Waals surface area contributed by atoms with E-state index in [4.69, 9.17) is 4.42 Å². The SMILES string of the molecule is Cc1nc(CN(C)C(=O)c2oc3ccccc3c2CS(C)(=O)=O)nc2ccccc12. The molecule has 0 atom stereocenters. The number of aromatic nitrogens is 2. The van der Waals surface area contributed by atoms with Crippen molar-refractivity contribution in [2.24, 2.45) is 0 Å². The van der Waals surface area contributed by atoms with E-state index < -0.39 is 15.7 Å². The van der Waals surface area contributed by atoms with Crippen LogP contribution in [0.3, 0.4) is 0 Å². The molecule has 8 heteroatoms. The molecule has 0 spiro atoms. The monoisotopic (exact) mass is 423 g/mol. The first-order valence-electron chi connectivity index (χ1n) is 9.39. The molecule has 0 aliphatic rings. The van der Waals surface area contributed by atoms with Crippen LogP contribution in [0.15, 0.2) is 52.9 Å². The zero-order valence-electron chi connectivity index (χ0n) is 16.9. The average Bonchev–Trinajstić information content (AvgIpc) is 3.04. The molecule has 2 aromatic heterocycles. The molecule has 4 aromatic rings. The first-order chi connectivity index (χ1) is 14.2. The van der Waals surface area contributed by atoms with Gasteiger partial charge in [-0.15, -0.1) is 0 Å². The first kappa shape index (κ1) is 20.0. The fraction of sp³-hybridized carbons (Fsp3) is 0.227. The third-order valence-corrected chi connectivity index (χ3v) is 5.68. The van der Waals surface area contributed by atoms with Crippen molar-refractivity contribution in [3.05, 3.63) is 71.4 Å². The lowest BCUT2D eigenvalue weighted by Crippen LogP contribution is -2.28. The number of benzene rings is 2. The van der Waals surface area contributed by atoms with Crippen LogP contribution in [0.1, 0.15) is 27.6 Å². The van der Waals surface area contributed by atoms with Crippen molar-refractivity contribution < 1.29 is 17.6 Å². The standard InChI is InChI=1S/C22H21N3O4S/c1-14-15-8-4-6-10-18(15)24-20(23-14)12-25(2)22(26)21-17(13-30(3,27)28)16-9-5-7-11-19(16)29-21/h4-11H,12-13H2,1-3H3. The summed E-state index contributed by atoms with van der Waals surface area (Å²) in [5.41, 5.74) is 2.49. The van der Waals surface area contributed by atoms with Gasteiger partial charge in [0.15, 0.2) is 15.6 Å². The zero-order valence-corrected chi connectivity index (χ0v) is 17.7. The lowest BCUT2D eigenvalue weighted by Gasteiger charge is -2.16. The van der Waals surface area contributed by atoms with Gasteiger partial charge < -0.3 is 9.32 Å². The number of amides is 1. The van der Waals surface area contributed by atoms with Crippen LogP contribution < -0.4 is 0 Å². The Balaban J connectivity index is 1.69. The summed E-state index contributed by atoms with van der Waals surface area (Å²) in [6.07, 6.45) is 1.14. The Kier molecular flexibility index (Phi) is 5.03. The Morgan fingerprint density at radius 2 is 1.70 bits per heavy atom. The molecule has 0 aliphatic carbocycles. The molecule has 0 aliphatic heterocycles. The Morgan fingerprint density at radius 1 is 1.03 bits per heavy atom. The van der Waals surface area contributed by atoms with Crippen molar-refractivity contribution in [1.82, 2.24) is 14.9 Å². The van der Waals surface area contributed by atoms with E-state index in [1.807, 2.05) is 31.2 Å². The minimum atomic E-state index is -3.36. The molecule has 0 saturated heterocycles. The van der Waals surface area contributed by atoms with Gasteiger partial charge in [-0.05, 0) is 19.1 Å². The van der Waals surface area contributed by atoms with Crippen LogP contribution in [0.25, 0.3) is 21.9 Å². The molecule has 1 amide bonds. The van der Waals surface area contributed by atoms with Gasteiger partial charge in [0.05, 0.1) is 17.8 Å². The molecule has 0 N–H and O–H groups in total. The number of para-hydroxylation sites is 2. The lowest BCUT2D eigenvalue weighted by atomic mass is 10.1. The number of hydrogen-bond acceptors (Lipinski definition) is 6.